The van der Waals surface area contributed by atoms with Crippen LogP contribution in [0, 0.1) is 58.2 Å². The van der Waals surface area contributed by atoms with Crippen molar-refractivity contribution in [3.8, 4) is 16.9 Å². The van der Waals surface area contributed by atoms with Crippen LogP contribution in [0.15, 0.2) is 137 Å². The third-order valence-corrected chi connectivity index (χ3v) is 20.6. The molecule has 5 aliphatic heterocycles. The zero-order chi connectivity index (χ0) is 54.3. The molecule has 0 unspecified atom stereocenters. The molecule has 416 valence electrons. The maximum absolute atomic E-state index is 15.3. The summed E-state index contributed by atoms with van der Waals surface area (Å²) in [7, 11) is 0. The first-order chi connectivity index (χ1) is 38.5. The number of cyclic esters (lactones) is 1. The normalized spacial score (nSPS) is 30.3. The summed E-state index contributed by atoms with van der Waals surface area (Å²) in [5, 5.41) is 33.4. The molecule has 9 nitrogen and oxygen atoms in total. The number of aliphatic hydroxyl groups excluding tert-OH is 1. The zero-order valence-electron chi connectivity index (χ0n) is 47.2. The molecule has 14 rings (SSSR count). The van der Waals surface area contributed by atoms with Gasteiger partial charge in [0, 0.05) is 30.2 Å². The number of benzene rings is 4. The van der Waals surface area contributed by atoms with E-state index in [1.807, 2.05) is 12.1 Å². The first-order valence-electron chi connectivity index (χ1n) is 30.7. The SMILES string of the molecule is CC[C@H](/C=C1\OC(=O)C2=C3c4cc(O)ccc4-c4cccc(c4)CNCCc4cccc(c4)C[C@@H]4C[C@]([C@@H]5CCN[C@H](NCCCC(C)C)C5)(CC=C5OC(=O)C6=C5CC[C@H]5[C@H]3CC[C@@]21[C@@H]65)C[C@H]4CCCO)Cc1ccccc1. The average Bonchev–Trinajstić information content (AvgIpc) is 4.18. The molecule has 14 bridgehead atoms. The van der Waals surface area contributed by atoms with Gasteiger partial charge >= 0.3 is 11.9 Å². The van der Waals surface area contributed by atoms with Crippen molar-refractivity contribution in [2.75, 3.05) is 26.2 Å². The van der Waals surface area contributed by atoms with Crippen LogP contribution >= 0.6 is 0 Å². The molecule has 5 heterocycles. The number of nitrogens with one attached hydrogen (secondary N) is 3. The lowest BCUT2D eigenvalue weighted by molar-refractivity contribution is -0.135. The molecule has 10 atom stereocenters. The molecule has 0 radical (unpaired) electrons. The van der Waals surface area contributed by atoms with Gasteiger partial charge in [0.2, 0.25) is 0 Å². The maximum Gasteiger partial charge on any atom is 0.340 e. The summed E-state index contributed by atoms with van der Waals surface area (Å²) >= 11 is 0. The Bertz CT molecular complexity index is 3040. The van der Waals surface area contributed by atoms with Crippen molar-refractivity contribution in [1.82, 2.24) is 16.0 Å². The Kier molecular flexibility index (Phi) is 15.8. The summed E-state index contributed by atoms with van der Waals surface area (Å²) in [4.78, 5) is 30.5. The molecule has 4 fully saturated rings. The van der Waals surface area contributed by atoms with Crippen LogP contribution in [-0.4, -0.2) is 54.6 Å². The number of hydrogen-bond acceptors (Lipinski definition) is 9. The number of esters is 2. The average molecular weight is 1060 g/mol. The molecule has 0 aromatic heterocycles. The van der Waals surface area contributed by atoms with Crippen LogP contribution in [0.5, 0.6) is 5.75 Å². The number of hydrogen-bond donors (Lipinski definition) is 5. The van der Waals surface area contributed by atoms with Crippen LogP contribution in [0.4, 0.5) is 0 Å². The highest BCUT2D eigenvalue weighted by molar-refractivity contribution is 6.07. The Morgan fingerprint density at radius 2 is 1.68 bits per heavy atom. The lowest BCUT2D eigenvalue weighted by Gasteiger charge is -2.56. The van der Waals surface area contributed by atoms with E-state index in [-0.39, 0.29) is 59.5 Å². The van der Waals surface area contributed by atoms with Crippen molar-refractivity contribution in [2.45, 2.75) is 143 Å². The Morgan fingerprint density at radius 1 is 0.835 bits per heavy atom. The fourth-order valence-electron chi connectivity index (χ4n) is 17.0. The summed E-state index contributed by atoms with van der Waals surface area (Å²) in [5.41, 5.74) is 10.6. The molecule has 9 heteroatoms. The number of carbonyl (C=O) groups excluding carboxylic acids is 2. The van der Waals surface area contributed by atoms with Gasteiger partial charge in [0.25, 0.3) is 0 Å². The number of aromatic hydroxyl groups is 1. The number of carbonyl (C=O) groups is 2. The molecule has 4 aromatic carbocycles. The van der Waals surface area contributed by atoms with Crippen molar-refractivity contribution in [3.63, 3.8) is 0 Å². The molecule has 4 aromatic rings. The number of fused-ring (bicyclic) bond motifs is 5. The Balaban J connectivity index is 1.00. The molecule has 2 saturated heterocycles. The van der Waals surface area contributed by atoms with E-state index in [1.165, 1.54) is 35.1 Å². The van der Waals surface area contributed by atoms with Gasteiger partial charge in [-0.25, -0.2) is 9.59 Å². The lowest BCUT2D eigenvalue weighted by atomic mass is 9.44. The Morgan fingerprint density at radius 3 is 2.53 bits per heavy atom. The van der Waals surface area contributed by atoms with Crippen molar-refractivity contribution in [3.05, 3.63) is 165 Å². The largest absolute Gasteiger partial charge is 0.508 e. The predicted molar refractivity (Wildman–Crippen MR) is 313 cm³/mol. The van der Waals surface area contributed by atoms with Gasteiger partial charge in [-0.3, -0.25) is 0 Å². The monoisotopic (exact) mass is 1060 g/mol. The minimum absolute atomic E-state index is 0.0168. The second-order valence-electron chi connectivity index (χ2n) is 25.7. The number of ether oxygens (including phenoxy) is 2. The molecule has 1 spiro atoms. The lowest BCUT2D eigenvalue weighted by Crippen LogP contribution is -2.52. The van der Waals surface area contributed by atoms with E-state index < -0.39 is 5.41 Å². The van der Waals surface area contributed by atoms with E-state index in [1.54, 1.807) is 6.07 Å². The number of aliphatic hydroxyl groups is 1. The Hall–Kier alpha value is -5.58. The van der Waals surface area contributed by atoms with Crippen molar-refractivity contribution in [2.24, 2.45) is 58.2 Å². The minimum Gasteiger partial charge on any atom is -0.508 e. The number of allylic oxidation sites excluding steroid dienone is 5. The number of phenols is 1. The van der Waals surface area contributed by atoms with Crippen molar-refractivity contribution in [1.29, 1.82) is 0 Å². The van der Waals surface area contributed by atoms with E-state index >= 15 is 9.59 Å². The third-order valence-electron chi connectivity index (χ3n) is 20.6. The van der Waals surface area contributed by atoms with E-state index in [0.717, 1.165) is 149 Å². The van der Waals surface area contributed by atoms with E-state index in [9.17, 15) is 10.2 Å². The molecular formula is C70H85N3O6. The fourth-order valence-corrected chi connectivity index (χ4v) is 17.0. The molecule has 0 amide bonds. The number of piperidine rings is 1. The highest BCUT2D eigenvalue weighted by Crippen LogP contribution is 2.72. The standard InChI is InChI=1S/C70H85N3O6/c1-4-45(34-46-13-6-5-7-14-46)38-61-70-29-24-56-57-22-23-58-60(78-67(76)64(58)65(57)70)25-28-69(53-27-32-73-62(39-53)72-30-10-12-44(2)3)41-51(19-11-33-74)52(42-69)36-48-16-8-15-47(35-48)26-31-71-43-49-17-9-18-50(37-49)55-21-20-54(75)40-59(55)63(56)66(70)68(77)79-61/h5-9,13-18,20-21,25,35,37-38,40,44-45,51-53,56-57,62,65,71-75H,4,10-12,19,22-24,26-34,36,39,41-43H2,1-3H3/b60-25?,61-38-/t45-,51+,52+,53+,56+,57-,62-,65+,69-,70+/m0/s1. The van der Waals surface area contributed by atoms with Crippen LogP contribution in [0.3, 0.4) is 0 Å². The van der Waals surface area contributed by atoms with Gasteiger partial charge in [-0.2, -0.15) is 0 Å². The van der Waals surface area contributed by atoms with Gasteiger partial charge in [0.15, 0.2) is 0 Å². The summed E-state index contributed by atoms with van der Waals surface area (Å²) in [6, 6.07) is 34.3. The van der Waals surface area contributed by atoms with Crippen LogP contribution in [-0.2, 0) is 44.9 Å². The van der Waals surface area contributed by atoms with Gasteiger partial charge in [-0.1, -0.05) is 99.6 Å². The maximum atomic E-state index is 15.3. The van der Waals surface area contributed by atoms with Gasteiger partial charge in [-0.15, -0.1) is 0 Å². The van der Waals surface area contributed by atoms with Crippen molar-refractivity contribution >= 4 is 17.5 Å². The van der Waals surface area contributed by atoms with E-state index in [4.69, 9.17) is 9.47 Å². The fraction of sp³-hybridized carbons (Fsp3) is 0.514. The number of phenolic OH excluding ortho intramolecular Hbond substituents is 1. The summed E-state index contributed by atoms with van der Waals surface area (Å²) in [5.74, 6) is 2.92. The zero-order valence-corrected chi connectivity index (χ0v) is 47.2. The number of rotatable bonds is 13. The van der Waals surface area contributed by atoms with Gasteiger partial charge in [0.05, 0.1) is 17.2 Å². The van der Waals surface area contributed by atoms with Crippen molar-refractivity contribution < 1.29 is 29.3 Å². The first-order valence-corrected chi connectivity index (χ1v) is 30.7. The summed E-state index contributed by atoms with van der Waals surface area (Å²) in [6.07, 6.45) is 21.0. The van der Waals surface area contributed by atoms with E-state index in [2.05, 4.69) is 128 Å². The Labute approximate surface area is 469 Å². The second kappa shape index (κ2) is 23.1. The highest BCUT2D eigenvalue weighted by atomic mass is 16.6. The first kappa shape index (κ1) is 54.0. The minimum atomic E-state index is -0.880. The molecular weight excluding hydrogens is 979 g/mol. The van der Waals surface area contributed by atoms with Crippen LogP contribution < -0.4 is 16.0 Å². The smallest absolute Gasteiger partial charge is 0.340 e. The summed E-state index contributed by atoms with van der Waals surface area (Å²) < 4.78 is 13.5. The topological polar surface area (TPSA) is 129 Å². The van der Waals surface area contributed by atoms with E-state index in [0.29, 0.717) is 48.0 Å². The van der Waals surface area contributed by atoms with Gasteiger partial charge in [-0.05, 0) is 250 Å². The molecule has 2 saturated carbocycles. The quantitative estimate of drug-likeness (QED) is 0.0657. The molecule has 5 N–H and O–H groups in total. The molecule has 79 heavy (non-hydrogen) atoms. The van der Waals surface area contributed by atoms with Crippen LogP contribution in [0.25, 0.3) is 16.7 Å². The van der Waals surface area contributed by atoms with Crippen LogP contribution in [0.1, 0.15) is 138 Å². The third kappa shape index (κ3) is 10.6. The predicted octanol–water partition coefficient (Wildman–Crippen LogP) is 13.1. The molecule has 10 aliphatic rings. The molecule has 5 aliphatic carbocycles. The van der Waals surface area contributed by atoms with Gasteiger partial charge in [0.1, 0.15) is 17.3 Å². The summed E-state index contributed by atoms with van der Waals surface area (Å²) in [6.45, 7) is 10.6. The van der Waals surface area contributed by atoms with Gasteiger partial charge < -0.3 is 35.6 Å². The van der Waals surface area contributed by atoms with Crippen LogP contribution in [0.2, 0.25) is 0 Å². The highest BCUT2D eigenvalue weighted by Gasteiger charge is 2.68. The second-order valence-corrected chi connectivity index (χ2v) is 25.7.